The molecule has 3 rings (SSSR count). The predicted molar refractivity (Wildman–Crippen MR) is 83.0 cm³/mol. The second kappa shape index (κ2) is 8.89. The van der Waals surface area contributed by atoms with Crippen LogP contribution < -0.4 is 28.7 Å². The van der Waals surface area contributed by atoms with E-state index in [1.54, 1.807) is 12.1 Å². The molecule has 24 heavy (non-hydrogen) atoms. The second-order valence-corrected chi connectivity index (χ2v) is 6.66. The Morgan fingerprint density at radius 2 is 1.96 bits per heavy atom. The fourth-order valence-electron chi connectivity index (χ4n) is 3.60. The molecule has 2 fully saturated rings. The number of hydrogen-bond acceptors (Lipinski definition) is 5. The number of pyridine rings is 1. The van der Waals surface area contributed by atoms with Crippen LogP contribution in [0, 0.1) is 5.92 Å². The quantitative estimate of drug-likeness (QED) is 0.639. The zero-order valence-corrected chi connectivity index (χ0v) is 14.5. The average Bonchev–Trinajstić information content (AvgIpc) is 2.61. The molecule has 1 aliphatic heterocycles. The van der Waals surface area contributed by atoms with Crippen molar-refractivity contribution in [3.05, 3.63) is 23.9 Å². The van der Waals surface area contributed by atoms with E-state index in [0.717, 1.165) is 0 Å². The van der Waals surface area contributed by atoms with E-state index in [4.69, 9.17) is 9.47 Å². The Balaban J connectivity index is 0.00000208. The van der Waals surface area contributed by atoms with Crippen molar-refractivity contribution in [2.75, 3.05) is 19.8 Å². The van der Waals surface area contributed by atoms with Crippen molar-refractivity contribution in [3.8, 4) is 5.88 Å². The second-order valence-electron chi connectivity index (χ2n) is 6.66. The van der Waals surface area contributed by atoms with Gasteiger partial charge in [-0.25, -0.2) is 4.98 Å². The van der Waals surface area contributed by atoms with Gasteiger partial charge in [-0.1, -0.05) is 25.3 Å². The number of carboxylic acids is 1. The van der Waals surface area contributed by atoms with E-state index in [-0.39, 0.29) is 18.9 Å². The first-order chi connectivity index (χ1) is 11.2. The topological polar surface area (TPSA) is 71.5 Å². The molecular formula is C18H24LiNO4. The average molecular weight is 325 g/mol. The molecule has 0 aromatic carbocycles. The third kappa shape index (κ3) is 4.33. The van der Waals surface area contributed by atoms with Gasteiger partial charge in [0.15, 0.2) is 0 Å². The minimum Gasteiger partial charge on any atom is -0.549 e. The van der Waals surface area contributed by atoms with Gasteiger partial charge >= 0.3 is 18.9 Å². The van der Waals surface area contributed by atoms with Gasteiger partial charge in [0.25, 0.3) is 0 Å². The first-order valence-corrected chi connectivity index (χ1v) is 8.60. The standard InChI is InChI=1S/C18H25NO4.Li/c20-17(21)18(9-11-22-12-10-18)15-7-4-8-16(19-15)23-13-14-5-2-1-3-6-14;/h4,7-8,14H,1-3,5-6,9-13H2,(H,20,21);/q;+1/p-1. The van der Waals surface area contributed by atoms with E-state index in [1.165, 1.54) is 32.1 Å². The van der Waals surface area contributed by atoms with Crippen LogP contribution in [0.1, 0.15) is 50.6 Å². The van der Waals surface area contributed by atoms with Gasteiger partial charge in [-0.05, 0) is 37.7 Å². The fourth-order valence-corrected chi connectivity index (χ4v) is 3.60. The molecule has 0 N–H and O–H groups in total. The van der Waals surface area contributed by atoms with Gasteiger partial charge in [0.2, 0.25) is 5.88 Å². The van der Waals surface area contributed by atoms with Crippen LogP contribution in [0.4, 0.5) is 0 Å². The first-order valence-electron chi connectivity index (χ1n) is 8.60. The van der Waals surface area contributed by atoms with Crippen molar-refractivity contribution in [2.45, 2.75) is 50.4 Å². The summed E-state index contributed by atoms with van der Waals surface area (Å²) in [5.41, 5.74) is -0.524. The van der Waals surface area contributed by atoms with Gasteiger partial charge in [0.05, 0.1) is 23.7 Å². The number of hydrogen-bond donors (Lipinski definition) is 0. The van der Waals surface area contributed by atoms with Crippen LogP contribution in [-0.2, 0) is 14.9 Å². The minimum atomic E-state index is -1.07. The molecule has 0 spiro atoms. The molecule has 1 aliphatic carbocycles. The van der Waals surface area contributed by atoms with Gasteiger partial charge in [0, 0.05) is 19.3 Å². The van der Waals surface area contributed by atoms with Crippen molar-refractivity contribution < 1.29 is 38.2 Å². The molecule has 0 bridgehead atoms. The van der Waals surface area contributed by atoms with Crippen LogP contribution in [0.2, 0.25) is 0 Å². The summed E-state index contributed by atoms with van der Waals surface area (Å²) in [4.78, 5) is 16.2. The van der Waals surface area contributed by atoms with E-state index in [0.29, 0.717) is 50.2 Å². The van der Waals surface area contributed by atoms with Gasteiger partial charge in [0.1, 0.15) is 0 Å². The van der Waals surface area contributed by atoms with Gasteiger partial charge in [-0.2, -0.15) is 0 Å². The summed E-state index contributed by atoms with van der Waals surface area (Å²) in [7, 11) is 0. The molecule has 126 valence electrons. The summed E-state index contributed by atoms with van der Waals surface area (Å²) < 4.78 is 11.1. The summed E-state index contributed by atoms with van der Waals surface area (Å²) >= 11 is 0. The molecule has 2 aliphatic rings. The third-order valence-corrected chi connectivity index (χ3v) is 5.14. The largest absolute Gasteiger partial charge is 1.00 e. The van der Waals surface area contributed by atoms with Gasteiger partial charge < -0.3 is 19.4 Å². The van der Waals surface area contributed by atoms with Gasteiger partial charge in [-0.15, -0.1) is 0 Å². The van der Waals surface area contributed by atoms with E-state index in [1.807, 2.05) is 6.07 Å². The van der Waals surface area contributed by atoms with E-state index >= 15 is 0 Å². The Labute approximate surface area is 155 Å². The number of rotatable bonds is 5. The minimum absolute atomic E-state index is 0. The van der Waals surface area contributed by atoms with Crippen LogP contribution in [0.5, 0.6) is 5.88 Å². The molecule has 0 radical (unpaired) electrons. The number of ether oxygens (including phenoxy) is 2. The van der Waals surface area contributed by atoms with E-state index in [9.17, 15) is 9.90 Å². The summed E-state index contributed by atoms with van der Waals surface area (Å²) in [6.07, 6.45) is 7.08. The number of carbonyl (C=O) groups excluding carboxylic acids is 1. The number of aliphatic carboxylic acids is 1. The summed E-state index contributed by atoms with van der Waals surface area (Å²) in [6, 6.07) is 5.38. The fraction of sp³-hybridized carbons (Fsp3) is 0.667. The Morgan fingerprint density at radius 1 is 1.25 bits per heavy atom. The molecule has 0 amide bonds. The number of nitrogens with zero attached hydrogens (tertiary/aromatic N) is 1. The molecular weight excluding hydrogens is 301 g/mol. The van der Waals surface area contributed by atoms with Crippen LogP contribution in [0.3, 0.4) is 0 Å². The molecule has 6 heteroatoms. The van der Waals surface area contributed by atoms with Crippen LogP contribution in [0.15, 0.2) is 18.2 Å². The van der Waals surface area contributed by atoms with Crippen LogP contribution in [-0.4, -0.2) is 30.8 Å². The Bertz CT molecular complexity index is 540. The molecule has 1 aromatic heterocycles. The molecule has 2 heterocycles. The SMILES string of the molecule is O=C([O-])C1(c2cccc(OCC3CCCCC3)n2)CCOCC1.[Li+]. The number of carbonyl (C=O) groups is 1. The van der Waals surface area contributed by atoms with Crippen LogP contribution >= 0.6 is 0 Å². The zero-order valence-electron chi connectivity index (χ0n) is 14.5. The van der Waals surface area contributed by atoms with E-state index in [2.05, 4.69) is 4.98 Å². The molecule has 1 saturated carbocycles. The van der Waals surface area contributed by atoms with Crippen molar-refractivity contribution in [3.63, 3.8) is 0 Å². The van der Waals surface area contributed by atoms with Crippen LogP contribution in [0.25, 0.3) is 0 Å². The van der Waals surface area contributed by atoms with E-state index < -0.39 is 11.4 Å². The Hall–Kier alpha value is -1.02. The molecule has 1 saturated heterocycles. The number of aromatic nitrogens is 1. The maximum atomic E-state index is 11.7. The van der Waals surface area contributed by atoms with Crippen molar-refractivity contribution >= 4 is 5.97 Å². The maximum absolute atomic E-state index is 11.7. The van der Waals surface area contributed by atoms with Crippen molar-refractivity contribution in [2.24, 2.45) is 5.92 Å². The van der Waals surface area contributed by atoms with Gasteiger partial charge in [-0.3, -0.25) is 0 Å². The smallest absolute Gasteiger partial charge is 0.549 e. The Kier molecular flexibility index (Phi) is 7.15. The monoisotopic (exact) mass is 325 g/mol. The normalized spacial score (nSPS) is 20.8. The molecule has 0 atom stereocenters. The summed E-state index contributed by atoms with van der Waals surface area (Å²) in [5.74, 6) is 0.0327. The van der Waals surface area contributed by atoms with Crippen molar-refractivity contribution in [1.82, 2.24) is 4.98 Å². The zero-order chi connectivity index (χ0) is 16.1. The first kappa shape index (κ1) is 19.3. The molecule has 5 nitrogen and oxygen atoms in total. The Morgan fingerprint density at radius 3 is 2.62 bits per heavy atom. The summed E-state index contributed by atoms with van der Waals surface area (Å²) in [6.45, 7) is 1.50. The molecule has 0 unspecified atom stereocenters. The summed E-state index contributed by atoms with van der Waals surface area (Å²) in [5, 5.41) is 11.7. The maximum Gasteiger partial charge on any atom is 1.00 e. The predicted octanol–water partition coefficient (Wildman–Crippen LogP) is -1.16. The van der Waals surface area contributed by atoms with Crippen molar-refractivity contribution in [1.29, 1.82) is 0 Å². The number of carboxylic acid groups (broad SMARTS) is 1. The third-order valence-electron chi connectivity index (χ3n) is 5.14. The molecule has 1 aromatic rings.